The van der Waals surface area contributed by atoms with Crippen LogP contribution in [0.1, 0.15) is 48.0 Å². The Bertz CT molecular complexity index is 1080. The molecule has 1 aromatic heterocycles. The van der Waals surface area contributed by atoms with Gasteiger partial charge in [-0.1, -0.05) is 49.6 Å². The average Bonchev–Trinajstić information content (AvgIpc) is 2.74. The normalized spacial score (nSPS) is 14.7. The molecule has 29 heavy (non-hydrogen) atoms. The standard InChI is InChI=1S/C24H26N2O3/c1-16-9-5-6-12-18(16)23(27)26-22-21(25-15-17-10-3-2-4-11-17)19-13-7-8-14-20(19)29-24(22)28/h5-9,12-14,17,25H,2-4,10-11,15H2,1H3,(H,26,27). The molecular formula is C24H26N2O3. The van der Waals surface area contributed by atoms with Gasteiger partial charge < -0.3 is 15.1 Å². The van der Waals surface area contributed by atoms with Crippen molar-refractivity contribution in [3.8, 4) is 0 Å². The number of fused-ring (bicyclic) bond motifs is 1. The van der Waals surface area contributed by atoms with E-state index in [1.807, 2.05) is 43.3 Å². The number of rotatable bonds is 5. The first-order chi connectivity index (χ1) is 14.1. The van der Waals surface area contributed by atoms with E-state index in [1.165, 1.54) is 32.1 Å². The van der Waals surface area contributed by atoms with Crippen molar-refractivity contribution in [3.05, 3.63) is 70.1 Å². The number of hydrogen-bond donors (Lipinski definition) is 2. The van der Waals surface area contributed by atoms with E-state index in [0.29, 0.717) is 22.8 Å². The predicted molar refractivity (Wildman–Crippen MR) is 117 cm³/mol. The first-order valence-corrected chi connectivity index (χ1v) is 10.3. The van der Waals surface area contributed by atoms with E-state index in [0.717, 1.165) is 17.5 Å². The van der Waals surface area contributed by atoms with Crippen molar-refractivity contribution in [2.24, 2.45) is 5.92 Å². The molecule has 1 aliphatic rings. The number of anilines is 2. The van der Waals surface area contributed by atoms with E-state index < -0.39 is 5.63 Å². The van der Waals surface area contributed by atoms with Crippen LogP contribution in [0.2, 0.25) is 0 Å². The summed E-state index contributed by atoms with van der Waals surface area (Å²) < 4.78 is 5.48. The van der Waals surface area contributed by atoms with Crippen LogP contribution in [-0.4, -0.2) is 12.5 Å². The zero-order valence-electron chi connectivity index (χ0n) is 16.7. The van der Waals surface area contributed by atoms with Gasteiger partial charge in [-0.05, 0) is 49.4 Å². The first-order valence-electron chi connectivity index (χ1n) is 10.3. The SMILES string of the molecule is Cc1ccccc1C(=O)Nc1c(NCC2CCCCC2)c2ccccc2oc1=O. The van der Waals surface area contributed by atoms with Crippen LogP contribution in [0.25, 0.3) is 11.0 Å². The highest BCUT2D eigenvalue weighted by atomic mass is 16.4. The van der Waals surface area contributed by atoms with Crippen molar-refractivity contribution in [2.75, 3.05) is 17.2 Å². The van der Waals surface area contributed by atoms with Crippen LogP contribution in [0.3, 0.4) is 0 Å². The monoisotopic (exact) mass is 390 g/mol. The number of carbonyl (C=O) groups excluding carboxylic acids is 1. The van der Waals surface area contributed by atoms with Gasteiger partial charge in [0.1, 0.15) is 5.58 Å². The second-order valence-electron chi connectivity index (χ2n) is 7.79. The van der Waals surface area contributed by atoms with E-state index in [9.17, 15) is 9.59 Å². The molecule has 1 amide bonds. The highest BCUT2D eigenvalue weighted by Gasteiger charge is 2.20. The molecule has 2 N–H and O–H groups in total. The number of nitrogens with one attached hydrogen (secondary N) is 2. The molecule has 5 nitrogen and oxygen atoms in total. The van der Waals surface area contributed by atoms with E-state index in [4.69, 9.17) is 4.42 Å². The van der Waals surface area contributed by atoms with E-state index in [1.54, 1.807) is 12.1 Å². The molecule has 0 unspecified atom stereocenters. The molecule has 0 radical (unpaired) electrons. The molecule has 1 heterocycles. The lowest BCUT2D eigenvalue weighted by Crippen LogP contribution is -2.23. The fraction of sp³-hybridized carbons (Fsp3) is 0.333. The Balaban J connectivity index is 1.70. The fourth-order valence-corrected chi connectivity index (χ4v) is 4.09. The molecule has 1 fully saturated rings. The van der Waals surface area contributed by atoms with Crippen molar-refractivity contribution >= 4 is 28.3 Å². The largest absolute Gasteiger partial charge is 0.421 e. The Kier molecular flexibility index (Phi) is 5.65. The quantitative estimate of drug-likeness (QED) is 0.577. The minimum absolute atomic E-state index is 0.174. The topological polar surface area (TPSA) is 71.3 Å². The Morgan fingerprint density at radius 3 is 2.52 bits per heavy atom. The molecule has 5 heteroatoms. The summed E-state index contributed by atoms with van der Waals surface area (Å²) in [6.07, 6.45) is 6.18. The Hall–Kier alpha value is -3.08. The van der Waals surface area contributed by atoms with Gasteiger partial charge in [0.25, 0.3) is 5.91 Å². The summed E-state index contributed by atoms with van der Waals surface area (Å²) in [5.74, 6) is 0.265. The lowest BCUT2D eigenvalue weighted by atomic mass is 9.89. The van der Waals surface area contributed by atoms with Crippen molar-refractivity contribution in [3.63, 3.8) is 0 Å². The zero-order valence-corrected chi connectivity index (χ0v) is 16.7. The Morgan fingerprint density at radius 2 is 1.72 bits per heavy atom. The molecule has 0 bridgehead atoms. The minimum atomic E-state index is -0.545. The second-order valence-corrected chi connectivity index (χ2v) is 7.79. The molecule has 0 spiro atoms. The third kappa shape index (κ3) is 4.19. The maximum Gasteiger partial charge on any atom is 0.362 e. The van der Waals surface area contributed by atoms with E-state index in [-0.39, 0.29) is 11.6 Å². The molecule has 0 saturated heterocycles. The van der Waals surface area contributed by atoms with Gasteiger partial charge in [-0.2, -0.15) is 0 Å². The van der Waals surface area contributed by atoms with Gasteiger partial charge >= 0.3 is 5.63 Å². The van der Waals surface area contributed by atoms with Gasteiger partial charge in [0.2, 0.25) is 0 Å². The van der Waals surface area contributed by atoms with Gasteiger partial charge in [0.15, 0.2) is 5.69 Å². The summed E-state index contributed by atoms with van der Waals surface area (Å²) >= 11 is 0. The highest BCUT2D eigenvalue weighted by molar-refractivity contribution is 6.09. The summed E-state index contributed by atoms with van der Waals surface area (Å²) in [5.41, 5.74) is 2.18. The van der Waals surface area contributed by atoms with Crippen molar-refractivity contribution in [1.82, 2.24) is 0 Å². The molecule has 0 atom stereocenters. The van der Waals surface area contributed by atoms with Crippen LogP contribution in [0.5, 0.6) is 0 Å². The van der Waals surface area contributed by atoms with Crippen LogP contribution >= 0.6 is 0 Å². The summed E-state index contributed by atoms with van der Waals surface area (Å²) in [6, 6.07) is 14.7. The van der Waals surface area contributed by atoms with Crippen LogP contribution in [0.4, 0.5) is 11.4 Å². The molecule has 0 aliphatic heterocycles. The third-order valence-electron chi connectivity index (χ3n) is 5.73. The van der Waals surface area contributed by atoms with Crippen LogP contribution in [0.15, 0.2) is 57.7 Å². The van der Waals surface area contributed by atoms with E-state index in [2.05, 4.69) is 10.6 Å². The molecular weight excluding hydrogens is 364 g/mol. The highest BCUT2D eigenvalue weighted by Crippen LogP contribution is 2.31. The molecule has 3 aromatic rings. The molecule has 1 aliphatic carbocycles. The molecule has 1 saturated carbocycles. The van der Waals surface area contributed by atoms with Gasteiger partial charge in [-0.3, -0.25) is 4.79 Å². The van der Waals surface area contributed by atoms with Gasteiger partial charge in [0, 0.05) is 17.5 Å². The Labute approximate surface area is 170 Å². The lowest BCUT2D eigenvalue weighted by Gasteiger charge is -2.23. The number of hydrogen-bond acceptors (Lipinski definition) is 4. The molecule has 2 aromatic carbocycles. The van der Waals surface area contributed by atoms with Gasteiger partial charge in [-0.25, -0.2) is 4.79 Å². The van der Waals surface area contributed by atoms with Crippen molar-refractivity contribution in [2.45, 2.75) is 39.0 Å². The van der Waals surface area contributed by atoms with Crippen molar-refractivity contribution in [1.29, 1.82) is 0 Å². The first kappa shape index (κ1) is 19.2. The van der Waals surface area contributed by atoms with Crippen LogP contribution in [-0.2, 0) is 0 Å². The number of para-hydroxylation sites is 1. The third-order valence-corrected chi connectivity index (χ3v) is 5.73. The predicted octanol–water partition coefficient (Wildman–Crippen LogP) is 5.35. The second kappa shape index (κ2) is 8.52. The molecule has 150 valence electrons. The number of benzene rings is 2. The Morgan fingerprint density at radius 1 is 1.00 bits per heavy atom. The summed E-state index contributed by atoms with van der Waals surface area (Å²) in [7, 11) is 0. The average molecular weight is 390 g/mol. The summed E-state index contributed by atoms with van der Waals surface area (Å²) in [5, 5.41) is 7.07. The lowest BCUT2D eigenvalue weighted by molar-refractivity contribution is 0.102. The number of amides is 1. The van der Waals surface area contributed by atoms with Crippen molar-refractivity contribution < 1.29 is 9.21 Å². The fourth-order valence-electron chi connectivity index (χ4n) is 4.09. The smallest absolute Gasteiger partial charge is 0.362 e. The van der Waals surface area contributed by atoms with Crippen LogP contribution in [0, 0.1) is 12.8 Å². The van der Waals surface area contributed by atoms with Gasteiger partial charge in [-0.15, -0.1) is 0 Å². The summed E-state index contributed by atoms with van der Waals surface area (Å²) in [6.45, 7) is 2.65. The van der Waals surface area contributed by atoms with E-state index >= 15 is 0 Å². The minimum Gasteiger partial charge on any atom is -0.421 e. The number of aryl methyl sites for hydroxylation is 1. The van der Waals surface area contributed by atoms with Crippen LogP contribution < -0.4 is 16.3 Å². The number of carbonyl (C=O) groups is 1. The maximum atomic E-state index is 12.9. The maximum absolute atomic E-state index is 12.9. The summed E-state index contributed by atoms with van der Waals surface area (Å²) in [4.78, 5) is 25.6. The zero-order chi connectivity index (χ0) is 20.2. The molecule has 4 rings (SSSR count). The van der Waals surface area contributed by atoms with Gasteiger partial charge in [0.05, 0.1) is 5.69 Å².